The highest BCUT2D eigenvalue weighted by Gasteiger charge is 2.17. The molecule has 1 aromatic heterocycles. The molecule has 32 heavy (non-hydrogen) atoms. The van der Waals surface area contributed by atoms with Crippen molar-refractivity contribution in [2.45, 2.75) is 19.3 Å². The lowest BCUT2D eigenvalue weighted by Crippen LogP contribution is -2.32. The number of carbonyl (C=O) groups is 1. The molecule has 0 radical (unpaired) electrons. The maximum atomic E-state index is 13.5. The van der Waals surface area contributed by atoms with Crippen molar-refractivity contribution in [3.05, 3.63) is 58.1 Å². The molecule has 1 aliphatic heterocycles. The summed E-state index contributed by atoms with van der Waals surface area (Å²) >= 11 is 5.02. The van der Waals surface area contributed by atoms with Crippen molar-refractivity contribution in [2.75, 3.05) is 49.5 Å². The first-order valence-corrected chi connectivity index (χ1v) is 12.7. The summed E-state index contributed by atoms with van der Waals surface area (Å²) in [6.07, 6.45) is 3.12. The maximum absolute atomic E-state index is 13.5. The van der Waals surface area contributed by atoms with E-state index in [0.29, 0.717) is 6.54 Å². The second kappa shape index (κ2) is 11.1. The Balaban J connectivity index is 1.17. The van der Waals surface area contributed by atoms with Gasteiger partial charge in [-0.3, -0.25) is 0 Å². The van der Waals surface area contributed by atoms with Gasteiger partial charge in [-0.15, -0.1) is 11.3 Å². The molecule has 2 amide bonds. The highest BCUT2D eigenvalue weighted by atomic mass is 79.9. The van der Waals surface area contributed by atoms with E-state index in [-0.39, 0.29) is 11.8 Å². The zero-order valence-corrected chi connectivity index (χ0v) is 20.4. The first kappa shape index (κ1) is 23.0. The van der Waals surface area contributed by atoms with Crippen molar-refractivity contribution in [3.8, 4) is 0 Å². The molecule has 1 saturated heterocycles. The van der Waals surface area contributed by atoms with Crippen LogP contribution in [-0.4, -0.2) is 50.2 Å². The van der Waals surface area contributed by atoms with E-state index in [2.05, 4.69) is 41.7 Å². The fourth-order valence-corrected chi connectivity index (χ4v) is 5.47. The number of fused-ring (bicyclic) bond motifs is 1. The molecule has 0 atom stereocenters. The third-order valence-corrected chi connectivity index (χ3v) is 7.14. The molecule has 4 rings (SSSR count). The second-order valence-electron chi connectivity index (χ2n) is 8.04. The maximum Gasteiger partial charge on any atom is 0.319 e. The Morgan fingerprint density at radius 3 is 2.88 bits per heavy atom. The van der Waals surface area contributed by atoms with Gasteiger partial charge in [-0.25, -0.2) is 9.18 Å². The van der Waals surface area contributed by atoms with E-state index in [4.69, 9.17) is 0 Å². The molecule has 3 aromatic rings. The van der Waals surface area contributed by atoms with E-state index in [1.807, 2.05) is 30.3 Å². The van der Waals surface area contributed by atoms with Gasteiger partial charge in [0.2, 0.25) is 0 Å². The van der Waals surface area contributed by atoms with Crippen LogP contribution in [0.3, 0.4) is 0 Å². The molecule has 0 bridgehead atoms. The first-order chi connectivity index (χ1) is 15.6. The number of nitrogens with one attached hydrogen (secondary N) is 2. The van der Waals surface area contributed by atoms with E-state index in [9.17, 15) is 9.18 Å². The van der Waals surface area contributed by atoms with Crippen molar-refractivity contribution < 1.29 is 9.18 Å². The fraction of sp³-hybridized carbons (Fsp3) is 0.375. The molecule has 5 nitrogen and oxygen atoms in total. The van der Waals surface area contributed by atoms with Crippen molar-refractivity contribution in [2.24, 2.45) is 0 Å². The molecule has 2 N–H and O–H groups in total. The SMILES string of the molecule is O=C(NCCCCN1CCCN(c2csc3cc(F)ccc23)CC1)Nc1cccc(Br)c1. The lowest BCUT2D eigenvalue weighted by molar-refractivity contribution is 0.251. The van der Waals surface area contributed by atoms with Crippen LogP contribution < -0.4 is 15.5 Å². The number of rotatable bonds is 7. The van der Waals surface area contributed by atoms with E-state index in [1.54, 1.807) is 23.5 Å². The Morgan fingerprint density at radius 1 is 1.09 bits per heavy atom. The molecular formula is C24H28BrFN4OS. The Bertz CT molecular complexity index is 1060. The molecule has 1 fully saturated rings. The predicted molar refractivity (Wildman–Crippen MR) is 135 cm³/mol. The van der Waals surface area contributed by atoms with Crippen LogP contribution in [0, 0.1) is 5.82 Å². The number of amides is 2. The third-order valence-electron chi connectivity index (χ3n) is 5.72. The van der Waals surface area contributed by atoms with Crippen LogP contribution in [0.5, 0.6) is 0 Å². The zero-order chi connectivity index (χ0) is 22.3. The Morgan fingerprint density at radius 2 is 2.00 bits per heavy atom. The molecule has 170 valence electrons. The average molecular weight is 519 g/mol. The average Bonchev–Trinajstić information content (AvgIpc) is 3.03. The van der Waals surface area contributed by atoms with Crippen LogP contribution in [0.2, 0.25) is 0 Å². The summed E-state index contributed by atoms with van der Waals surface area (Å²) in [5, 5.41) is 9.09. The normalized spacial score (nSPS) is 15.0. The number of unbranched alkanes of at least 4 members (excludes halogenated alkanes) is 1. The molecule has 0 saturated carbocycles. The van der Waals surface area contributed by atoms with Crippen LogP contribution >= 0.6 is 27.3 Å². The minimum atomic E-state index is -0.173. The summed E-state index contributed by atoms with van der Waals surface area (Å²) in [5.41, 5.74) is 2.00. The lowest BCUT2D eigenvalue weighted by Gasteiger charge is -2.23. The van der Waals surface area contributed by atoms with Gasteiger partial charge >= 0.3 is 6.03 Å². The van der Waals surface area contributed by atoms with Gasteiger partial charge in [-0.05, 0) is 68.8 Å². The fourth-order valence-electron chi connectivity index (χ4n) is 4.07. The smallest absolute Gasteiger partial charge is 0.319 e. The number of carbonyl (C=O) groups excluding carboxylic acids is 1. The van der Waals surface area contributed by atoms with E-state index >= 15 is 0 Å². The number of benzene rings is 2. The number of halogens is 2. The predicted octanol–water partition coefficient (Wildman–Crippen LogP) is 5.92. The van der Waals surface area contributed by atoms with Crippen molar-refractivity contribution in [1.82, 2.24) is 10.2 Å². The summed E-state index contributed by atoms with van der Waals surface area (Å²) in [6.45, 7) is 5.82. The van der Waals surface area contributed by atoms with Gasteiger partial charge in [0.25, 0.3) is 0 Å². The van der Waals surface area contributed by atoms with E-state index in [1.165, 1.54) is 5.69 Å². The zero-order valence-electron chi connectivity index (χ0n) is 17.9. The number of thiophene rings is 1. The van der Waals surface area contributed by atoms with Crippen molar-refractivity contribution in [1.29, 1.82) is 0 Å². The summed E-state index contributed by atoms with van der Waals surface area (Å²) in [7, 11) is 0. The van der Waals surface area contributed by atoms with Gasteiger partial charge in [0.15, 0.2) is 0 Å². The largest absolute Gasteiger partial charge is 0.369 e. The third kappa shape index (κ3) is 6.21. The topological polar surface area (TPSA) is 47.6 Å². The molecular weight excluding hydrogens is 491 g/mol. The van der Waals surface area contributed by atoms with Gasteiger partial charge in [0, 0.05) is 51.8 Å². The molecule has 8 heteroatoms. The monoisotopic (exact) mass is 518 g/mol. The highest BCUT2D eigenvalue weighted by Crippen LogP contribution is 2.34. The van der Waals surface area contributed by atoms with Crippen LogP contribution in [0.25, 0.3) is 10.1 Å². The summed E-state index contributed by atoms with van der Waals surface area (Å²) in [4.78, 5) is 17.0. The standard InChI is InChI=1S/C24H28BrFN4OS/c25-18-5-3-6-20(15-18)28-24(31)27-9-1-2-10-29-11-4-12-30(14-13-29)22-17-32-23-16-19(26)7-8-21(22)23/h3,5-8,15-17H,1-2,4,9-14H2,(H2,27,28,31). The van der Waals surface area contributed by atoms with Crippen LogP contribution in [0.4, 0.5) is 20.6 Å². The second-order valence-corrected chi connectivity index (χ2v) is 9.87. The van der Waals surface area contributed by atoms with Gasteiger partial charge in [0.05, 0.1) is 5.69 Å². The van der Waals surface area contributed by atoms with Crippen LogP contribution in [0.15, 0.2) is 52.3 Å². The molecule has 0 unspecified atom stereocenters. The number of nitrogens with zero attached hydrogens (tertiary/aromatic N) is 2. The van der Waals surface area contributed by atoms with Crippen molar-refractivity contribution >= 4 is 54.8 Å². The van der Waals surface area contributed by atoms with Gasteiger partial charge < -0.3 is 20.4 Å². The van der Waals surface area contributed by atoms with E-state index < -0.39 is 0 Å². The summed E-state index contributed by atoms with van der Waals surface area (Å²) < 4.78 is 15.4. The summed E-state index contributed by atoms with van der Waals surface area (Å²) in [5.74, 6) is -0.173. The van der Waals surface area contributed by atoms with Crippen LogP contribution in [0.1, 0.15) is 19.3 Å². The molecule has 0 aliphatic carbocycles. The van der Waals surface area contributed by atoms with Crippen LogP contribution in [-0.2, 0) is 0 Å². The van der Waals surface area contributed by atoms with Gasteiger partial charge in [-0.2, -0.15) is 0 Å². The minimum absolute atomic E-state index is 0.170. The number of urea groups is 1. The Labute approximate surface area is 200 Å². The minimum Gasteiger partial charge on any atom is -0.369 e. The van der Waals surface area contributed by atoms with Gasteiger partial charge in [-0.1, -0.05) is 22.0 Å². The number of hydrogen-bond donors (Lipinski definition) is 2. The van der Waals surface area contributed by atoms with Crippen molar-refractivity contribution in [3.63, 3.8) is 0 Å². The highest BCUT2D eigenvalue weighted by molar-refractivity contribution is 9.10. The quantitative estimate of drug-likeness (QED) is 0.381. The number of anilines is 2. The Hall–Kier alpha value is -2.16. The van der Waals surface area contributed by atoms with Gasteiger partial charge in [0.1, 0.15) is 5.82 Å². The number of hydrogen-bond acceptors (Lipinski definition) is 4. The molecule has 1 aliphatic rings. The van der Waals surface area contributed by atoms with E-state index in [0.717, 1.165) is 72.2 Å². The lowest BCUT2D eigenvalue weighted by atomic mass is 10.2. The molecule has 2 aromatic carbocycles. The molecule has 2 heterocycles. The molecule has 0 spiro atoms. The summed E-state index contributed by atoms with van der Waals surface area (Å²) in [6, 6.07) is 12.5. The Kier molecular flexibility index (Phi) is 8.00. The first-order valence-electron chi connectivity index (χ1n) is 11.0.